The van der Waals surface area contributed by atoms with Crippen molar-refractivity contribution in [2.75, 3.05) is 0 Å². The van der Waals surface area contributed by atoms with E-state index in [-0.39, 0.29) is 0 Å². The van der Waals surface area contributed by atoms with Crippen molar-refractivity contribution in [1.29, 1.82) is 5.26 Å². The normalized spacial score (nSPS) is 9.93. The van der Waals surface area contributed by atoms with Gasteiger partial charge in [-0.2, -0.15) is 5.26 Å². The maximum Gasteiger partial charge on any atom is 0.137 e. The third-order valence-electron chi connectivity index (χ3n) is 2.32. The van der Waals surface area contributed by atoms with Gasteiger partial charge in [0.2, 0.25) is 0 Å². The molecule has 0 spiro atoms. The number of hydrogen-bond donors (Lipinski definition) is 0. The van der Waals surface area contributed by atoms with E-state index in [1.165, 1.54) is 0 Å². The Bertz CT molecular complexity index is 515. The van der Waals surface area contributed by atoms with Gasteiger partial charge in [-0.25, -0.2) is 4.98 Å². The molecular weight excluding hydrogens is 186 g/mol. The fraction of sp³-hybridized carbons (Fsp3) is 0.167. The van der Waals surface area contributed by atoms with Gasteiger partial charge in [0.25, 0.3) is 0 Å². The largest absolute Gasteiger partial charge is 0.290 e. The van der Waals surface area contributed by atoms with E-state index in [0.717, 1.165) is 17.1 Å². The molecule has 2 rings (SSSR count). The Morgan fingerprint density at radius 2 is 2.00 bits per heavy atom. The number of pyridine rings is 1. The summed E-state index contributed by atoms with van der Waals surface area (Å²) in [5.41, 5.74) is 2.74. The van der Waals surface area contributed by atoms with Crippen molar-refractivity contribution in [3.8, 4) is 11.9 Å². The fourth-order valence-electron chi connectivity index (χ4n) is 1.52. The minimum absolute atomic E-state index is 0.615. The van der Waals surface area contributed by atoms with E-state index < -0.39 is 0 Å². The van der Waals surface area contributed by atoms with Crippen LogP contribution < -0.4 is 0 Å². The number of aromatic nitrogens is 2. The summed E-state index contributed by atoms with van der Waals surface area (Å²) in [6.07, 6.45) is 1.80. The average Bonchev–Trinajstić information content (AvgIpc) is 2.61. The van der Waals surface area contributed by atoms with Crippen molar-refractivity contribution < 1.29 is 0 Å². The SMILES string of the molecule is Cc1ccc(-n2c(C)ccc2C#N)nc1. The Balaban J connectivity index is 2.59. The number of aryl methyl sites for hydroxylation is 2. The molecule has 0 N–H and O–H groups in total. The monoisotopic (exact) mass is 197 g/mol. The van der Waals surface area contributed by atoms with Crippen molar-refractivity contribution in [2.45, 2.75) is 13.8 Å². The van der Waals surface area contributed by atoms with Gasteiger partial charge in [-0.1, -0.05) is 6.07 Å². The number of nitriles is 1. The first kappa shape index (κ1) is 9.47. The lowest BCUT2D eigenvalue weighted by atomic mass is 10.3. The molecule has 0 aliphatic heterocycles. The Kier molecular flexibility index (Phi) is 2.26. The van der Waals surface area contributed by atoms with Crippen LogP contribution in [0.5, 0.6) is 0 Å². The Morgan fingerprint density at radius 3 is 2.60 bits per heavy atom. The van der Waals surface area contributed by atoms with Gasteiger partial charge in [0.1, 0.15) is 17.6 Å². The van der Waals surface area contributed by atoms with Gasteiger partial charge in [-0.3, -0.25) is 4.57 Å². The molecule has 3 nitrogen and oxygen atoms in total. The molecule has 0 bridgehead atoms. The van der Waals surface area contributed by atoms with Crippen molar-refractivity contribution in [3.05, 3.63) is 47.4 Å². The van der Waals surface area contributed by atoms with Gasteiger partial charge >= 0.3 is 0 Å². The lowest BCUT2D eigenvalue weighted by Gasteiger charge is -2.06. The molecule has 2 aromatic heterocycles. The van der Waals surface area contributed by atoms with Crippen molar-refractivity contribution in [3.63, 3.8) is 0 Å². The predicted molar refractivity (Wildman–Crippen MR) is 57.8 cm³/mol. The summed E-state index contributed by atoms with van der Waals surface area (Å²) < 4.78 is 1.85. The maximum atomic E-state index is 8.95. The molecule has 0 unspecified atom stereocenters. The molecule has 3 heteroatoms. The Labute approximate surface area is 88.6 Å². The molecule has 2 heterocycles. The van der Waals surface area contributed by atoms with Gasteiger partial charge < -0.3 is 0 Å². The summed E-state index contributed by atoms with van der Waals surface area (Å²) in [5.74, 6) is 0.791. The van der Waals surface area contributed by atoms with Crippen LogP contribution in [0.25, 0.3) is 5.82 Å². The van der Waals surface area contributed by atoms with Crippen LogP contribution in [0.1, 0.15) is 17.0 Å². The van der Waals surface area contributed by atoms with Crippen LogP contribution in [-0.2, 0) is 0 Å². The highest BCUT2D eigenvalue weighted by Crippen LogP contribution is 2.14. The van der Waals surface area contributed by atoms with E-state index in [0.29, 0.717) is 5.69 Å². The zero-order valence-electron chi connectivity index (χ0n) is 8.73. The second-order valence-corrected chi connectivity index (χ2v) is 3.50. The van der Waals surface area contributed by atoms with Crippen LogP contribution in [0.15, 0.2) is 30.5 Å². The first-order valence-electron chi connectivity index (χ1n) is 4.74. The summed E-state index contributed by atoms with van der Waals surface area (Å²) in [6, 6.07) is 9.78. The molecule has 0 saturated carbocycles. The molecule has 0 amide bonds. The highest BCUT2D eigenvalue weighted by Gasteiger charge is 2.06. The lowest BCUT2D eigenvalue weighted by Crippen LogP contribution is -2.01. The summed E-state index contributed by atoms with van der Waals surface area (Å²) in [7, 11) is 0. The van der Waals surface area contributed by atoms with Crippen molar-refractivity contribution >= 4 is 0 Å². The van der Waals surface area contributed by atoms with Gasteiger partial charge in [-0.15, -0.1) is 0 Å². The van der Waals surface area contributed by atoms with Crippen molar-refractivity contribution in [1.82, 2.24) is 9.55 Å². The first-order valence-corrected chi connectivity index (χ1v) is 4.74. The van der Waals surface area contributed by atoms with E-state index in [9.17, 15) is 0 Å². The van der Waals surface area contributed by atoms with Gasteiger partial charge in [0.15, 0.2) is 0 Å². The minimum Gasteiger partial charge on any atom is -0.290 e. The topological polar surface area (TPSA) is 41.6 Å². The molecule has 0 aliphatic rings. The molecule has 0 radical (unpaired) electrons. The molecule has 2 aromatic rings. The number of hydrogen-bond acceptors (Lipinski definition) is 2. The maximum absolute atomic E-state index is 8.95. The van der Waals surface area contributed by atoms with Crippen LogP contribution >= 0.6 is 0 Å². The molecule has 15 heavy (non-hydrogen) atoms. The van der Waals surface area contributed by atoms with Gasteiger partial charge in [0, 0.05) is 11.9 Å². The summed E-state index contributed by atoms with van der Waals surface area (Å²) in [6.45, 7) is 3.95. The molecule has 0 aliphatic carbocycles. The van der Waals surface area contributed by atoms with Crippen LogP contribution in [0.3, 0.4) is 0 Å². The third kappa shape index (κ3) is 1.62. The highest BCUT2D eigenvalue weighted by molar-refractivity contribution is 5.37. The van der Waals surface area contributed by atoms with Gasteiger partial charge in [-0.05, 0) is 37.6 Å². The Morgan fingerprint density at radius 1 is 1.20 bits per heavy atom. The molecule has 0 atom stereocenters. The van der Waals surface area contributed by atoms with Crippen molar-refractivity contribution in [2.24, 2.45) is 0 Å². The quantitative estimate of drug-likeness (QED) is 0.704. The van der Waals surface area contributed by atoms with E-state index in [1.54, 1.807) is 12.3 Å². The molecular formula is C12H11N3. The van der Waals surface area contributed by atoms with E-state index >= 15 is 0 Å². The zero-order valence-corrected chi connectivity index (χ0v) is 8.73. The summed E-state index contributed by atoms with van der Waals surface area (Å²) in [5, 5.41) is 8.95. The molecule has 0 aromatic carbocycles. The zero-order chi connectivity index (χ0) is 10.8. The van der Waals surface area contributed by atoms with Crippen LogP contribution in [-0.4, -0.2) is 9.55 Å². The van der Waals surface area contributed by atoms with Crippen LogP contribution in [0, 0.1) is 25.2 Å². The highest BCUT2D eigenvalue weighted by atomic mass is 15.1. The second-order valence-electron chi connectivity index (χ2n) is 3.50. The number of nitrogens with zero attached hydrogens (tertiary/aromatic N) is 3. The predicted octanol–water partition coefficient (Wildman–Crippen LogP) is 2.36. The molecule has 0 saturated heterocycles. The lowest BCUT2D eigenvalue weighted by molar-refractivity contribution is 0.942. The van der Waals surface area contributed by atoms with E-state index in [1.807, 2.05) is 36.6 Å². The van der Waals surface area contributed by atoms with E-state index in [4.69, 9.17) is 5.26 Å². The smallest absolute Gasteiger partial charge is 0.137 e. The number of rotatable bonds is 1. The molecule has 74 valence electrons. The minimum atomic E-state index is 0.615. The van der Waals surface area contributed by atoms with Crippen LogP contribution in [0.2, 0.25) is 0 Å². The van der Waals surface area contributed by atoms with Gasteiger partial charge in [0.05, 0.1) is 0 Å². The summed E-state index contributed by atoms with van der Waals surface area (Å²) >= 11 is 0. The average molecular weight is 197 g/mol. The first-order chi connectivity index (χ1) is 7.22. The fourth-order valence-corrected chi connectivity index (χ4v) is 1.52. The summed E-state index contributed by atoms with van der Waals surface area (Å²) in [4.78, 5) is 4.30. The molecule has 0 fully saturated rings. The van der Waals surface area contributed by atoms with Crippen LogP contribution in [0.4, 0.5) is 0 Å². The standard InChI is InChI=1S/C12H11N3/c1-9-3-6-12(14-8-9)15-10(2)4-5-11(15)7-13/h3-6,8H,1-2H3. The Hall–Kier alpha value is -2.08. The third-order valence-corrected chi connectivity index (χ3v) is 2.32. The second kappa shape index (κ2) is 3.58. The van der Waals surface area contributed by atoms with E-state index in [2.05, 4.69) is 11.1 Å².